The fourth-order valence-electron chi connectivity index (χ4n) is 2.48. The van der Waals surface area contributed by atoms with Crippen molar-refractivity contribution in [3.05, 3.63) is 58.4 Å². The highest BCUT2D eigenvalue weighted by Gasteiger charge is 2.12. The van der Waals surface area contributed by atoms with Gasteiger partial charge in [0.25, 0.3) is 5.91 Å². The summed E-state index contributed by atoms with van der Waals surface area (Å²) in [5.74, 6) is -0.341. The van der Waals surface area contributed by atoms with Gasteiger partial charge in [-0.3, -0.25) is 9.59 Å². The second-order valence-electron chi connectivity index (χ2n) is 6.00. The van der Waals surface area contributed by atoms with E-state index in [1.807, 2.05) is 13.8 Å². The van der Waals surface area contributed by atoms with Gasteiger partial charge in [0.15, 0.2) is 18.1 Å². The van der Waals surface area contributed by atoms with E-state index in [1.54, 1.807) is 18.2 Å². The van der Waals surface area contributed by atoms with Crippen molar-refractivity contribution in [1.82, 2.24) is 5.32 Å². The Morgan fingerprint density at radius 2 is 1.76 bits per heavy atom. The van der Waals surface area contributed by atoms with Crippen LogP contribution in [0.2, 0.25) is 5.02 Å². The van der Waals surface area contributed by atoms with Crippen molar-refractivity contribution in [1.29, 1.82) is 0 Å². The molecule has 2 rings (SSSR count). The van der Waals surface area contributed by atoms with Gasteiger partial charge >= 0.3 is 5.97 Å². The van der Waals surface area contributed by atoms with E-state index in [2.05, 4.69) is 5.32 Å². The number of hydrogen-bond acceptors (Lipinski definition) is 5. The number of esters is 1. The maximum Gasteiger partial charge on any atom is 0.310 e. The molecule has 1 N–H and O–H groups in total. The third-order valence-corrected chi connectivity index (χ3v) is 4.16. The van der Waals surface area contributed by atoms with Crippen LogP contribution in [-0.2, 0) is 27.3 Å². The Morgan fingerprint density at radius 3 is 2.45 bits per heavy atom. The molecule has 2 aromatic carbocycles. The third-order valence-electron chi connectivity index (χ3n) is 3.81. The average molecular weight is 424 g/mol. The predicted molar refractivity (Wildman–Crippen MR) is 107 cm³/mol. The highest BCUT2D eigenvalue weighted by atomic mass is 35.5. The minimum atomic E-state index is -0.549. The molecule has 1 amide bonds. The molecular weight excluding hydrogens is 401 g/mol. The Balaban J connectivity index is 1.82. The summed E-state index contributed by atoms with van der Waals surface area (Å²) in [6.45, 7) is 4.37. The van der Waals surface area contributed by atoms with Gasteiger partial charge in [-0.25, -0.2) is 4.39 Å². The van der Waals surface area contributed by atoms with Gasteiger partial charge in [-0.15, -0.1) is 0 Å². The fraction of sp³-hybridized carbons (Fsp3) is 0.333. The van der Waals surface area contributed by atoms with E-state index in [9.17, 15) is 14.0 Å². The van der Waals surface area contributed by atoms with Crippen LogP contribution in [0.1, 0.15) is 25.0 Å². The number of carbonyl (C=O) groups is 2. The van der Waals surface area contributed by atoms with Crippen LogP contribution >= 0.6 is 11.6 Å². The SMILES string of the molecule is CCOc1ccc(CC(=O)OCC(=O)NCc2ccc(F)cc2Cl)cc1OCC. The molecule has 0 heterocycles. The van der Waals surface area contributed by atoms with Crippen molar-refractivity contribution in [2.45, 2.75) is 26.8 Å². The topological polar surface area (TPSA) is 73.9 Å². The summed E-state index contributed by atoms with van der Waals surface area (Å²) in [6.07, 6.45) is -0.0104. The average Bonchev–Trinajstić information content (AvgIpc) is 2.68. The molecule has 0 spiro atoms. The molecule has 0 atom stereocenters. The second kappa shape index (κ2) is 11.3. The first-order valence-corrected chi connectivity index (χ1v) is 9.55. The first-order valence-electron chi connectivity index (χ1n) is 9.17. The van der Waals surface area contributed by atoms with Crippen molar-refractivity contribution < 1.29 is 28.2 Å². The number of carbonyl (C=O) groups excluding carboxylic acids is 2. The zero-order chi connectivity index (χ0) is 21.2. The molecule has 0 unspecified atom stereocenters. The Bertz CT molecular complexity index is 859. The van der Waals surface area contributed by atoms with Crippen LogP contribution in [-0.4, -0.2) is 31.7 Å². The Labute approximate surface area is 173 Å². The van der Waals surface area contributed by atoms with Gasteiger partial charge in [0.2, 0.25) is 0 Å². The standard InChI is InChI=1S/C21H23ClFNO5/c1-3-27-18-8-5-14(9-19(18)28-4-2)10-21(26)29-13-20(25)24-12-15-6-7-16(23)11-17(15)22/h5-9,11H,3-4,10,12-13H2,1-2H3,(H,24,25). The molecule has 29 heavy (non-hydrogen) atoms. The minimum Gasteiger partial charge on any atom is -0.490 e. The molecule has 156 valence electrons. The normalized spacial score (nSPS) is 10.3. The minimum absolute atomic E-state index is 0.0104. The van der Waals surface area contributed by atoms with E-state index in [0.717, 1.165) is 6.07 Å². The zero-order valence-electron chi connectivity index (χ0n) is 16.3. The number of halogens is 2. The van der Waals surface area contributed by atoms with Crippen molar-refractivity contribution >= 4 is 23.5 Å². The summed E-state index contributed by atoms with van der Waals surface area (Å²) in [4.78, 5) is 23.9. The van der Waals surface area contributed by atoms with E-state index < -0.39 is 24.3 Å². The molecule has 2 aromatic rings. The van der Waals surface area contributed by atoms with E-state index in [-0.39, 0.29) is 18.0 Å². The third kappa shape index (κ3) is 7.27. The van der Waals surface area contributed by atoms with Gasteiger partial charge in [0.1, 0.15) is 5.82 Å². The molecule has 0 bridgehead atoms. The number of amides is 1. The van der Waals surface area contributed by atoms with Crippen LogP contribution in [0.5, 0.6) is 11.5 Å². The highest BCUT2D eigenvalue weighted by Crippen LogP contribution is 2.28. The molecule has 0 saturated heterocycles. The zero-order valence-corrected chi connectivity index (χ0v) is 17.1. The highest BCUT2D eigenvalue weighted by molar-refractivity contribution is 6.31. The maximum absolute atomic E-state index is 13.0. The van der Waals surface area contributed by atoms with E-state index >= 15 is 0 Å². The lowest BCUT2D eigenvalue weighted by Gasteiger charge is -2.12. The summed E-state index contributed by atoms with van der Waals surface area (Å²) in [6, 6.07) is 9.08. The van der Waals surface area contributed by atoms with Crippen LogP contribution < -0.4 is 14.8 Å². The van der Waals surface area contributed by atoms with Gasteiger partial charge in [-0.05, 0) is 49.2 Å². The van der Waals surface area contributed by atoms with Crippen molar-refractivity contribution in [3.63, 3.8) is 0 Å². The number of ether oxygens (including phenoxy) is 3. The molecule has 0 aliphatic carbocycles. The number of rotatable bonds is 10. The van der Waals surface area contributed by atoms with Gasteiger partial charge in [-0.2, -0.15) is 0 Å². The van der Waals surface area contributed by atoms with Gasteiger partial charge in [0, 0.05) is 11.6 Å². The second-order valence-corrected chi connectivity index (χ2v) is 6.40. The molecule has 0 radical (unpaired) electrons. The van der Waals surface area contributed by atoms with E-state index in [1.165, 1.54) is 12.1 Å². The van der Waals surface area contributed by atoms with Gasteiger partial charge in [-0.1, -0.05) is 23.7 Å². The smallest absolute Gasteiger partial charge is 0.310 e. The molecule has 8 heteroatoms. The first kappa shape index (κ1) is 22.5. The fourth-order valence-corrected chi connectivity index (χ4v) is 2.71. The number of nitrogens with one attached hydrogen (secondary N) is 1. The van der Waals surface area contributed by atoms with Crippen LogP contribution in [0.25, 0.3) is 0 Å². The molecule has 0 aliphatic heterocycles. The number of benzene rings is 2. The lowest BCUT2D eigenvalue weighted by molar-refractivity contribution is -0.147. The molecule has 6 nitrogen and oxygen atoms in total. The van der Waals surface area contributed by atoms with Crippen LogP contribution in [0.15, 0.2) is 36.4 Å². The molecule has 0 saturated carbocycles. The summed E-state index contributed by atoms with van der Waals surface area (Å²) in [7, 11) is 0. The summed E-state index contributed by atoms with van der Waals surface area (Å²) in [5, 5.41) is 2.78. The number of hydrogen-bond donors (Lipinski definition) is 1. The molecule has 0 fully saturated rings. The van der Waals surface area contributed by atoms with Gasteiger partial charge < -0.3 is 19.5 Å². The van der Waals surface area contributed by atoms with Crippen LogP contribution in [0.4, 0.5) is 4.39 Å². The van der Waals surface area contributed by atoms with Crippen molar-refractivity contribution in [2.75, 3.05) is 19.8 Å². The van der Waals surface area contributed by atoms with E-state index in [4.69, 9.17) is 25.8 Å². The summed E-state index contributed by atoms with van der Waals surface area (Å²) < 4.78 is 29.0. The largest absolute Gasteiger partial charge is 0.490 e. The summed E-state index contributed by atoms with van der Waals surface area (Å²) in [5.41, 5.74) is 1.24. The summed E-state index contributed by atoms with van der Waals surface area (Å²) >= 11 is 5.90. The Morgan fingerprint density at radius 1 is 1.03 bits per heavy atom. The van der Waals surface area contributed by atoms with Gasteiger partial charge in [0.05, 0.1) is 19.6 Å². The monoisotopic (exact) mass is 423 g/mol. The quantitative estimate of drug-likeness (QED) is 0.590. The Hall–Kier alpha value is -2.80. The van der Waals surface area contributed by atoms with Crippen LogP contribution in [0, 0.1) is 5.82 Å². The lowest BCUT2D eigenvalue weighted by atomic mass is 10.1. The molecule has 0 aliphatic rings. The van der Waals surface area contributed by atoms with E-state index in [0.29, 0.717) is 35.8 Å². The Kier molecular flexibility index (Phi) is 8.73. The maximum atomic E-state index is 13.0. The van der Waals surface area contributed by atoms with Crippen molar-refractivity contribution in [3.8, 4) is 11.5 Å². The molecular formula is C21H23ClFNO5. The predicted octanol–water partition coefficient (Wildman–Crippen LogP) is 3.68. The van der Waals surface area contributed by atoms with Crippen molar-refractivity contribution in [2.24, 2.45) is 0 Å². The lowest BCUT2D eigenvalue weighted by Crippen LogP contribution is -2.28. The van der Waals surface area contributed by atoms with Crippen LogP contribution in [0.3, 0.4) is 0 Å². The molecule has 0 aromatic heterocycles. The first-order chi connectivity index (χ1) is 13.9.